The van der Waals surface area contributed by atoms with Crippen LogP contribution in [0, 0.1) is 6.92 Å². The maximum Gasteiger partial charge on any atom is 0.194 e. The monoisotopic (exact) mass is 466 g/mol. The molecule has 1 N–H and O–H groups in total. The number of aryl methyl sites for hydroxylation is 1. The maximum atomic E-state index is 5.81. The summed E-state index contributed by atoms with van der Waals surface area (Å²) in [4.78, 5) is 16.5. The number of para-hydroxylation sites is 1. The van der Waals surface area contributed by atoms with Gasteiger partial charge in [-0.05, 0) is 43.2 Å². The van der Waals surface area contributed by atoms with E-state index in [0.717, 1.165) is 57.5 Å². The van der Waals surface area contributed by atoms with E-state index in [9.17, 15) is 0 Å². The summed E-state index contributed by atoms with van der Waals surface area (Å²) < 4.78 is 11.4. The average Bonchev–Trinajstić information content (AvgIpc) is 2.89. The minimum absolute atomic E-state index is 0.0348. The van der Waals surface area contributed by atoms with Crippen molar-refractivity contribution in [3.8, 4) is 0 Å². The Morgan fingerprint density at radius 3 is 2.71 bits per heavy atom. The largest absolute Gasteiger partial charge is 0.376 e. The summed E-state index contributed by atoms with van der Waals surface area (Å²) in [6.07, 6.45) is 2.96. The van der Waals surface area contributed by atoms with Crippen LogP contribution in [0.3, 0.4) is 0 Å². The third-order valence-corrected chi connectivity index (χ3v) is 6.28. The molecule has 0 saturated carbocycles. The molecule has 2 fully saturated rings. The van der Waals surface area contributed by atoms with Crippen molar-refractivity contribution < 1.29 is 9.47 Å². The lowest BCUT2D eigenvalue weighted by atomic mass is 10.2. The Morgan fingerprint density at radius 1 is 1.15 bits per heavy atom. The van der Waals surface area contributed by atoms with E-state index in [2.05, 4.69) is 75.4 Å². The first-order valence-corrected chi connectivity index (χ1v) is 12.4. The number of anilines is 2. The average molecular weight is 467 g/mol. The first kappa shape index (κ1) is 24.3. The van der Waals surface area contributed by atoms with Crippen molar-refractivity contribution >= 4 is 17.5 Å². The molecule has 1 aromatic heterocycles. The molecule has 0 amide bonds. The third-order valence-electron chi connectivity index (χ3n) is 6.28. The van der Waals surface area contributed by atoms with Crippen LogP contribution in [0.5, 0.6) is 0 Å². The van der Waals surface area contributed by atoms with E-state index in [4.69, 9.17) is 14.5 Å². The SMILES string of the molecule is Cc1ccnc(N2CCN(C(=NCC3COCCO3)NCCCN(C)c3ccccc3)CC2)c1. The van der Waals surface area contributed by atoms with E-state index < -0.39 is 0 Å². The topological polar surface area (TPSA) is 65.5 Å². The molecular weight excluding hydrogens is 428 g/mol. The van der Waals surface area contributed by atoms with Crippen LogP contribution in [0.15, 0.2) is 53.7 Å². The lowest BCUT2D eigenvalue weighted by molar-refractivity contribution is -0.0833. The number of guanidine groups is 1. The summed E-state index contributed by atoms with van der Waals surface area (Å²) >= 11 is 0. The highest BCUT2D eigenvalue weighted by molar-refractivity contribution is 5.80. The van der Waals surface area contributed by atoms with Gasteiger partial charge in [0, 0.05) is 58.2 Å². The van der Waals surface area contributed by atoms with Gasteiger partial charge in [-0.2, -0.15) is 0 Å². The molecule has 4 rings (SSSR count). The molecule has 0 spiro atoms. The number of hydrogen-bond donors (Lipinski definition) is 1. The summed E-state index contributed by atoms with van der Waals surface area (Å²) in [5, 5.41) is 3.62. The Hall–Kier alpha value is -2.84. The van der Waals surface area contributed by atoms with E-state index in [1.54, 1.807) is 0 Å². The van der Waals surface area contributed by atoms with E-state index in [1.807, 2.05) is 12.3 Å². The molecule has 34 heavy (non-hydrogen) atoms. The molecule has 1 unspecified atom stereocenters. The maximum absolute atomic E-state index is 5.81. The molecule has 0 aliphatic carbocycles. The number of nitrogens with zero attached hydrogens (tertiary/aromatic N) is 5. The Bertz CT molecular complexity index is 895. The summed E-state index contributed by atoms with van der Waals surface area (Å²) in [5.41, 5.74) is 2.48. The second-order valence-corrected chi connectivity index (χ2v) is 8.93. The van der Waals surface area contributed by atoms with Crippen molar-refractivity contribution in [3.05, 3.63) is 54.2 Å². The smallest absolute Gasteiger partial charge is 0.194 e. The zero-order chi connectivity index (χ0) is 23.6. The van der Waals surface area contributed by atoms with Gasteiger partial charge in [0.2, 0.25) is 0 Å². The molecule has 2 saturated heterocycles. The van der Waals surface area contributed by atoms with Gasteiger partial charge in [-0.25, -0.2) is 4.98 Å². The molecule has 8 heteroatoms. The fourth-order valence-electron chi connectivity index (χ4n) is 4.27. The number of ether oxygens (including phenoxy) is 2. The van der Waals surface area contributed by atoms with Crippen LogP contribution in [0.2, 0.25) is 0 Å². The highest BCUT2D eigenvalue weighted by Crippen LogP contribution is 2.15. The molecular formula is C26H38N6O2. The van der Waals surface area contributed by atoms with Gasteiger partial charge in [-0.15, -0.1) is 0 Å². The summed E-state index contributed by atoms with van der Waals surface area (Å²) in [5.74, 6) is 2.02. The summed E-state index contributed by atoms with van der Waals surface area (Å²) in [6.45, 7) is 10.2. The van der Waals surface area contributed by atoms with Crippen LogP contribution in [0.25, 0.3) is 0 Å². The van der Waals surface area contributed by atoms with Crippen molar-refractivity contribution in [3.63, 3.8) is 0 Å². The van der Waals surface area contributed by atoms with E-state index >= 15 is 0 Å². The zero-order valence-corrected chi connectivity index (χ0v) is 20.5. The zero-order valence-electron chi connectivity index (χ0n) is 20.5. The first-order valence-electron chi connectivity index (χ1n) is 12.4. The molecule has 0 radical (unpaired) electrons. The van der Waals surface area contributed by atoms with Crippen molar-refractivity contribution in [1.82, 2.24) is 15.2 Å². The van der Waals surface area contributed by atoms with Crippen LogP contribution in [-0.4, -0.2) is 94.6 Å². The van der Waals surface area contributed by atoms with Crippen LogP contribution >= 0.6 is 0 Å². The van der Waals surface area contributed by atoms with Crippen molar-refractivity contribution in [2.24, 2.45) is 4.99 Å². The molecule has 0 bridgehead atoms. The van der Waals surface area contributed by atoms with Crippen LogP contribution < -0.4 is 15.1 Å². The number of rotatable bonds is 8. The highest BCUT2D eigenvalue weighted by Gasteiger charge is 2.22. The minimum atomic E-state index is 0.0348. The fraction of sp³-hybridized carbons (Fsp3) is 0.538. The number of hydrogen-bond acceptors (Lipinski definition) is 6. The molecule has 2 aliphatic heterocycles. The first-order chi connectivity index (χ1) is 16.7. The van der Waals surface area contributed by atoms with Crippen molar-refractivity contribution in [1.29, 1.82) is 0 Å². The van der Waals surface area contributed by atoms with Gasteiger partial charge in [0.25, 0.3) is 0 Å². The molecule has 184 valence electrons. The lowest BCUT2D eigenvalue weighted by Crippen LogP contribution is -2.53. The molecule has 1 aromatic carbocycles. The quantitative estimate of drug-likeness (QED) is 0.364. The standard InChI is InChI=1S/C26H38N6O2/c1-22-9-11-27-25(19-22)31-13-15-32(16-14-31)26(29-20-24-21-33-17-18-34-24)28-10-6-12-30(2)23-7-4-3-5-8-23/h3-5,7-9,11,19,24H,6,10,12-18,20-21H2,1-2H3,(H,28,29). The predicted molar refractivity (Wildman–Crippen MR) is 138 cm³/mol. The Labute approximate surface area is 203 Å². The van der Waals surface area contributed by atoms with Gasteiger partial charge >= 0.3 is 0 Å². The molecule has 1 atom stereocenters. The summed E-state index contributed by atoms with van der Waals surface area (Å²) in [6, 6.07) is 14.7. The van der Waals surface area contributed by atoms with E-state index in [0.29, 0.717) is 26.4 Å². The van der Waals surface area contributed by atoms with Gasteiger partial charge in [0.1, 0.15) is 11.9 Å². The van der Waals surface area contributed by atoms with Gasteiger partial charge in [-0.1, -0.05) is 18.2 Å². The van der Waals surface area contributed by atoms with Crippen LogP contribution in [0.1, 0.15) is 12.0 Å². The van der Waals surface area contributed by atoms with Gasteiger partial charge in [0.05, 0.1) is 26.4 Å². The molecule has 2 aromatic rings. The number of nitrogens with one attached hydrogen (secondary N) is 1. The molecule has 3 heterocycles. The Morgan fingerprint density at radius 2 is 1.97 bits per heavy atom. The lowest BCUT2D eigenvalue weighted by Gasteiger charge is -2.37. The van der Waals surface area contributed by atoms with E-state index in [-0.39, 0.29) is 6.10 Å². The van der Waals surface area contributed by atoms with Gasteiger partial charge in [0.15, 0.2) is 5.96 Å². The number of aromatic nitrogens is 1. The molecule has 2 aliphatic rings. The summed E-state index contributed by atoms with van der Waals surface area (Å²) in [7, 11) is 2.14. The van der Waals surface area contributed by atoms with Crippen LogP contribution in [0.4, 0.5) is 11.5 Å². The van der Waals surface area contributed by atoms with Crippen molar-refractivity contribution in [2.45, 2.75) is 19.4 Å². The second kappa shape index (κ2) is 12.6. The predicted octanol–water partition coefficient (Wildman–Crippen LogP) is 2.40. The van der Waals surface area contributed by atoms with Crippen molar-refractivity contribution in [2.75, 3.05) is 82.5 Å². The van der Waals surface area contributed by atoms with Crippen LogP contribution in [-0.2, 0) is 9.47 Å². The Kier molecular flexibility index (Phi) is 8.98. The van der Waals surface area contributed by atoms with Gasteiger partial charge < -0.3 is 29.5 Å². The van der Waals surface area contributed by atoms with Gasteiger partial charge in [-0.3, -0.25) is 4.99 Å². The minimum Gasteiger partial charge on any atom is -0.376 e. The second-order valence-electron chi connectivity index (χ2n) is 8.93. The number of benzene rings is 1. The highest BCUT2D eigenvalue weighted by atomic mass is 16.6. The Balaban J connectivity index is 1.31. The number of aliphatic imine (C=N–C) groups is 1. The molecule has 8 nitrogen and oxygen atoms in total. The number of piperazine rings is 1. The fourth-order valence-corrected chi connectivity index (χ4v) is 4.27. The van der Waals surface area contributed by atoms with E-state index in [1.165, 1.54) is 11.3 Å². The third kappa shape index (κ3) is 7.08. The number of pyridine rings is 1. The normalized spacial score (nSPS) is 19.2.